The maximum atomic E-state index is 12.7. The van der Waals surface area contributed by atoms with Crippen LogP contribution in [0.4, 0.5) is 0 Å². The van der Waals surface area contributed by atoms with Crippen LogP contribution in [0.1, 0.15) is 58.3 Å². The number of hydrogen-bond donors (Lipinski definition) is 1. The Morgan fingerprint density at radius 2 is 2.00 bits per heavy atom. The lowest BCUT2D eigenvalue weighted by molar-refractivity contribution is -0.136. The number of piperidine rings is 1. The van der Waals surface area contributed by atoms with E-state index in [4.69, 9.17) is 0 Å². The summed E-state index contributed by atoms with van der Waals surface area (Å²) in [5, 5.41) is 3.44. The van der Waals surface area contributed by atoms with Gasteiger partial charge in [0.05, 0.1) is 0 Å². The smallest absolute Gasteiger partial charge is 0.225 e. The van der Waals surface area contributed by atoms with Crippen LogP contribution in [0.3, 0.4) is 0 Å². The monoisotopic (exact) mass is 264 g/mol. The Morgan fingerprint density at radius 1 is 1.21 bits per heavy atom. The molecule has 0 unspecified atom stereocenters. The van der Waals surface area contributed by atoms with Crippen LogP contribution >= 0.6 is 0 Å². The second-order valence-electron chi connectivity index (χ2n) is 7.15. The fourth-order valence-corrected chi connectivity index (χ4v) is 4.45. The first kappa shape index (κ1) is 13.4. The maximum absolute atomic E-state index is 12.7. The van der Waals surface area contributed by atoms with Crippen molar-refractivity contribution < 1.29 is 4.79 Å². The van der Waals surface area contributed by atoms with Gasteiger partial charge in [-0.05, 0) is 51.0 Å². The van der Waals surface area contributed by atoms with Crippen molar-refractivity contribution in [3.8, 4) is 0 Å². The molecule has 0 aromatic heterocycles. The number of carbonyl (C=O) groups is 1. The fraction of sp³-hybridized carbons (Fsp3) is 0.938. The lowest BCUT2D eigenvalue weighted by atomic mass is 9.73. The molecule has 0 aromatic carbocycles. The number of amides is 1. The van der Waals surface area contributed by atoms with Crippen molar-refractivity contribution in [2.24, 2.45) is 11.3 Å². The third-order valence-electron chi connectivity index (χ3n) is 5.64. The molecule has 108 valence electrons. The molecule has 2 aliphatic heterocycles. The first-order valence-electron chi connectivity index (χ1n) is 8.21. The van der Waals surface area contributed by atoms with E-state index in [1.54, 1.807) is 0 Å². The zero-order valence-corrected chi connectivity index (χ0v) is 12.3. The Bertz CT molecular complexity index is 336. The second kappa shape index (κ2) is 5.43. The van der Waals surface area contributed by atoms with Gasteiger partial charge >= 0.3 is 0 Å². The molecule has 1 spiro atoms. The summed E-state index contributed by atoms with van der Waals surface area (Å²) in [6.07, 6.45) is 10.2. The van der Waals surface area contributed by atoms with E-state index in [0.717, 1.165) is 32.5 Å². The normalized spacial score (nSPS) is 34.7. The topological polar surface area (TPSA) is 32.3 Å². The van der Waals surface area contributed by atoms with E-state index in [0.29, 0.717) is 17.4 Å². The average Bonchev–Trinajstić information content (AvgIpc) is 2.82. The molecule has 1 amide bonds. The Kier molecular flexibility index (Phi) is 3.84. The van der Waals surface area contributed by atoms with Gasteiger partial charge in [-0.2, -0.15) is 0 Å². The van der Waals surface area contributed by atoms with E-state index in [1.807, 2.05) is 0 Å². The van der Waals surface area contributed by atoms with Gasteiger partial charge in [0.1, 0.15) is 0 Å². The minimum Gasteiger partial charge on any atom is -0.342 e. The molecule has 0 radical (unpaired) electrons. The molecule has 2 heterocycles. The number of hydrogen-bond acceptors (Lipinski definition) is 2. The number of nitrogens with zero attached hydrogens (tertiary/aromatic N) is 1. The van der Waals surface area contributed by atoms with E-state index < -0.39 is 0 Å². The van der Waals surface area contributed by atoms with E-state index in [1.165, 1.54) is 38.5 Å². The van der Waals surface area contributed by atoms with Crippen LogP contribution in [-0.4, -0.2) is 36.5 Å². The van der Waals surface area contributed by atoms with Crippen molar-refractivity contribution in [2.45, 2.75) is 64.3 Å². The van der Waals surface area contributed by atoms with Gasteiger partial charge in [0, 0.05) is 25.0 Å². The van der Waals surface area contributed by atoms with Gasteiger partial charge in [-0.1, -0.05) is 19.3 Å². The van der Waals surface area contributed by atoms with Crippen molar-refractivity contribution in [3.05, 3.63) is 0 Å². The predicted molar refractivity (Wildman–Crippen MR) is 76.9 cm³/mol. The predicted octanol–water partition coefficient (Wildman–Crippen LogP) is 2.56. The molecule has 0 bridgehead atoms. The highest BCUT2D eigenvalue weighted by molar-refractivity contribution is 5.79. The Morgan fingerprint density at radius 3 is 2.74 bits per heavy atom. The van der Waals surface area contributed by atoms with Crippen LogP contribution in [-0.2, 0) is 4.79 Å². The fourth-order valence-electron chi connectivity index (χ4n) is 4.45. The van der Waals surface area contributed by atoms with Gasteiger partial charge in [0.2, 0.25) is 5.91 Å². The Labute approximate surface area is 117 Å². The lowest BCUT2D eigenvalue weighted by Gasteiger charge is -2.34. The van der Waals surface area contributed by atoms with Crippen LogP contribution < -0.4 is 5.32 Å². The Balaban J connectivity index is 1.59. The number of carbonyl (C=O) groups excluding carboxylic acids is 1. The molecular weight excluding hydrogens is 236 g/mol. The number of likely N-dealkylation sites (tertiary alicyclic amines) is 1. The maximum Gasteiger partial charge on any atom is 0.225 e. The van der Waals surface area contributed by atoms with Crippen molar-refractivity contribution in [1.29, 1.82) is 0 Å². The molecule has 3 heteroatoms. The molecule has 1 saturated carbocycles. The summed E-state index contributed by atoms with van der Waals surface area (Å²) in [4.78, 5) is 14.9. The summed E-state index contributed by atoms with van der Waals surface area (Å²) in [5.41, 5.74) is 0.506. The van der Waals surface area contributed by atoms with Crippen LogP contribution in [0.2, 0.25) is 0 Å². The standard InChI is InChI=1S/C16H28N2O/c1-13-11-14(5-9-17-13)15(19)18-10-8-16(12-18)6-3-2-4-7-16/h13-14,17H,2-12H2,1H3/t13-,14-/m0/s1. The van der Waals surface area contributed by atoms with Crippen LogP contribution in [0, 0.1) is 11.3 Å². The van der Waals surface area contributed by atoms with Crippen molar-refractivity contribution >= 4 is 5.91 Å². The zero-order chi connectivity index (χ0) is 13.3. The van der Waals surface area contributed by atoms with Crippen molar-refractivity contribution in [1.82, 2.24) is 10.2 Å². The summed E-state index contributed by atoms with van der Waals surface area (Å²) >= 11 is 0. The molecule has 3 nitrogen and oxygen atoms in total. The number of rotatable bonds is 1. The van der Waals surface area contributed by atoms with Gasteiger partial charge < -0.3 is 10.2 Å². The summed E-state index contributed by atoms with van der Waals surface area (Å²) in [5.74, 6) is 0.741. The van der Waals surface area contributed by atoms with Gasteiger partial charge in [-0.25, -0.2) is 0 Å². The molecule has 19 heavy (non-hydrogen) atoms. The first-order valence-corrected chi connectivity index (χ1v) is 8.21. The van der Waals surface area contributed by atoms with Crippen LogP contribution in [0.25, 0.3) is 0 Å². The highest BCUT2D eigenvalue weighted by Gasteiger charge is 2.42. The lowest BCUT2D eigenvalue weighted by Crippen LogP contribution is -2.44. The SMILES string of the molecule is C[C@H]1C[C@@H](C(=O)N2CCC3(CCCCC3)C2)CCN1. The molecule has 2 saturated heterocycles. The molecule has 0 aromatic rings. The summed E-state index contributed by atoms with van der Waals surface area (Å²) in [6.45, 7) is 5.30. The quantitative estimate of drug-likeness (QED) is 0.789. The minimum absolute atomic E-state index is 0.287. The van der Waals surface area contributed by atoms with Crippen LogP contribution in [0.15, 0.2) is 0 Å². The van der Waals surface area contributed by atoms with E-state index >= 15 is 0 Å². The average molecular weight is 264 g/mol. The molecule has 3 fully saturated rings. The molecule has 3 rings (SSSR count). The largest absolute Gasteiger partial charge is 0.342 e. The van der Waals surface area contributed by atoms with Gasteiger partial charge in [0.25, 0.3) is 0 Å². The molecule has 1 aliphatic carbocycles. The third-order valence-corrected chi connectivity index (χ3v) is 5.64. The van der Waals surface area contributed by atoms with Crippen LogP contribution in [0.5, 0.6) is 0 Å². The molecule has 3 aliphatic rings. The molecule has 1 N–H and O–H groups in total. The summed E-state index contributed by atoms with van der Waals surface area (Å²) < 4.78 is 0. The third kappa shape index (κ3) is 2.81. The van der Waals surface area contributed by atoms with Crippen molar-refractivity contribution in [2.75, 3.05) is 19.6 Å². The van der Waals surface area contributed by atoms with Crippen molar-refractivity contribution in [3.63, 3.8) is 0 Å². The van der Waals surface area contributed by atoms with Gasteiger partial charge in [-0.15, -0.1) is 0 Å². The first-order chi connectivity index (χ1) is 9.19. The van der Waals surface area contributed by atoms with E-state index in [2.05, 4.69) is 17.1 Å². The summed E-state index contributed by atoms with van der Waals surface area (Å²) in [6, 6.07) is 0.508. The van der Waals surface area contributed by atoms with Gasteiger partial charge in [-0.3, -0.25) is 4.79 Å². The molecule has 2 atom stereocenters. The van der Waals surface area contributed by atoms with E-state index in [-0.39, 0.29) is 5.92 Å². The summed E-state index contributed by atoms with van der Waals surface area (Å²) in [7, 11) is 0. The van der Waals surface area contributed by atoms with E-state index in [9.17, 15) is 4.79 Å². The molecular formula is C16H28N2O. The highest BCUT2D eigenvalue weighted by Crippen LogP contribution is 2.44. The minimum atomic E-state index is 0.287. The highest BCUT2D eigenvalue weighted by atomic mass is 16.2. The number of nitrogens with one attached hydrogen (secondary N) is 1. The van der Waals surface area contributed by atoms with Gasteiger partial charge in [0.15, 0.2) is 0 Å². The second-order valence-corrected chi connectivity index (χ2v) is 7.15. The Hall–Kier alpha value is -0.570. The zero-order valence-electron chi connectivity index (χ0n) is 12.3.